The van der Waals surface area contributed by atoms with Crippen molar-refractivity contribution in [2.24, 2.45) is 0 Å². The first-order valence-corrected chi connectivity index (χ1v) is 7.05. The Morgan fingerprint density at radius 1 is 1.43 bits per heavy atom. The van der Waals surface area contributed by atoms with Crippen molar-refractivity contribution >= 4 is 11.7 Å². The van der Waals surface area contributed by atoms with Crippen LogP contribution in [0.4, 0.5) is 5.82 Å². The molecule has 1 saturated heterocycles. The van der Waals surface area contributed by atoms with Gasteiger partial charge in [-0.15, -0.1) is 0 Å². The molecule has 0 saturated carbocycles. The first kappa shape index (κ1) is 13.6. The normalized spacial score (nSPS) is 18.0. The number of hydrogen-bond donors (Lipinski definition) is 1. The van der Waals surface area contributed by atoms with Gasteiger partial charge in [0.05, 0.1) is 5.69 Å². The number of aryl methyl sites for hydroxylation is 2. The van der Waals surface area contributed by atoms with Crippen LogP contribution in [0.5, 0.6) is 0 Å². The summed E-state index contributed by atoms with van der Waals surface area (Å²) >= 11 is 0. The van der Waals surface area contributed by atoms with E-state index in [1.807, 2.05) is 18.2 Å². The molecule has 0 aliphatic carbocycles. The Bertz CT molecular complexity index is 619. The van der Waals surface area contributed by atoms with Gasteiger partial charge >= 0.3 is 0 Å². The topological polar surface area (TPSA) is 71.3 Å². The Hall–Kier alpha value is -2.37. The molecule has 3 heterocycles. The van der Waals surface area contributed by atoms with Crippen molar-refractivity contribution < 1.29 is 9.32 Å². The lowest BCUT2D eigenvalue weighted by atomic mass is 10.1. The van der Waals surface area contributed by atoms with Crippen LogP contribution < -0.4 is 10.2 Å². The van der Waals surface area contributed by atoms with Crippen LogP contribution in [-0.2, 0) is 0 Å². The van der Waals surface area contributed by atoms with Crippen LogP contribution in [0.15, 0.2) is 28.9 Å². The summed E-state index contributed by atoms with van der Waals surface area (Å²) in [6, 6.07) is 5.97. The van der Waals surface area contributed by atoms with E-state index in [9.17, 15) is 4.79 Å². The molecule has 2 aromatic rings. The molecule has 110 valence electrons. The van der Waals surface area contributed by atoms with Crippen molar-refractivity contribution in [3.63, 3.8) is 0 Å². The molecule has 0 radical (unpaired) electrons. The van der Waals surface area contributed by atoms with Gasteiger partial charge in [-0.25, -0.2) is 4.98 Å². The van der Waals surface area contributed by atoms with E-state index < -0.39 is 0 Å². The molecule has 1 aliphatic heterocycles. The molecule has 1 atom stereocenters. The van der Waals surface area contributed by atoms with Gasteiger partial charge in [-0.3, -0.25) is 4.79 Å². The molecule has 0 unspecified atom stereocenters. The predicted molar refractivity (Wildman–Crippen MR) is 78.3 cm³/mol. The molecule has 1 fully saturated rings. The average Bonchev–Trinajstić information content (AvgIpc) is 3.07. The maximum atomic E-state index is 12.3. The van der Waals surface area contributed by atoms with Crippen molar-refractivity contribution in [1.82, 2.24) is 15.5 Å². The second-order valence-corrected chi connectivity index (χ2v) is 5.29. The maximum absolute atomic E-state index is 12.3. The first-order valence-electron chi connectivity index (χ1n) is 7.05. The summed E-state index contributed by atoms with van der Waals surface area (Å²) in [7, 11) is 0. The highest BCUT2D eigenvalue weighted by Crippen LogP contribution is 2.18. The summed E-state index contributed by atoms with van der Waals surface area (Å²) in [4.78, 5) is 18.8. The maximum Gasteiger partial charge on any atom is 0.257 e. The number of pyridine rings is 1. The molecule has 1 aliphatic rings. The molecule has 3 rings (SSSR count). The minimum absolute atomic E-state index is 0.112. The fourth-order valence-electron chi connectivity index (χ4n) is 2.69. The van der Waals surface area contributed by atoms with Crippen LogP contribution in [-0.4, -0.2) is 35.2 Å². The van der Waals surface area contributed by atoms with Gasteiger partial charge in [-0.05, 0) is 32.4 Å². The highest BCUT2D eigenvalue weighted by atomic mass is 16.5. The molecule has 1 N–H and O–H groups in total. The number of carbonyl (C=O) groups is 1. The number of nitrogens with one attached hydrogen (secondary N) is 1. The summed E-state index contributed by atoms with van der Waals surface area (Å²) in [6.07, 6.45) is 2.69. The van der Waals surface area contributed by atoms with Crippen LogP contribution in [0.2, 0.25) is 0 Å². The molecule has 2 aromatic heterocycles. The van der Waals surface area contributed by atoms with Gasteiger partial charge in [0.1, 0.15) is 17.1 Å². The third-order valence-electron chi connectivity index (χ3n) is 3.76. The Labute approximate surface area is 123 Å². The number of carbonyl (C=O) groups excluding carboxylic acids is 1. The summed E-state index contributed by atoms with van der Waals surface area (Å²) in [5, 5.41) is 6.87. The number of anilines is 1. The number of amides is 1. The highest BCUT2D eigenvalue weighted by Gasteiger charge is 2.27. The van der Waals surface area contributed by atoms with Gasteiger partial charge in [-0.1, -0.05) is 11.2 Å². The van der Waals surface area contributed by atoms with E-state index in [4.69, 9.17) is 4.52 Å². The van der Waals surface area contributed by atoms with Crippen molar-refractivity contribution in [3.8, 4) is 0 Å². The van der Waals surface area contributed by atoms with Gasteiger partial charge in [0.2, 0.25) is 0 Å². The van der Waals surface area contributed by atoms with Gasteiger partial charge in [-0.2, -0.15) is 0 Å². The molecular formula is C15H18N4O2. The van der Waals surface area contributed by atoms with Gasteiger partial charge in [0.25, 0.3) is 5.91 Å². The van der Waals surface area contributed by atoms with Crippen LogP contribution in [0, 0.1) is 13.8 Å². The lowest BCUT2D eigenvalue weighted by Crippen LogP contribution is -2.37. The largest absolute Gasteiger partial charge is 0.361 e. The van der Waals surface area contributed by atoms with Gasteiger partial charge in [0, 0.05) is 25.3 Å². The quantitative estimate of drug-likeness (QED) is 0.929. The third kappa shape index (κ3) is 2.74. The summed E-state index contributed by atoms with van der Waals surface area (Å²) in [5.74, 6) is 1.40. The Morgan fingerprint density at radius 2 is 2.29 bits per heavy atom. The van der Waals surface area contributed by atoms with Gasteiger partial charge < -0.3 is 14.7 Å². The van der Waals surface area contributed by atoms with E-state index >= 15 is 0 Å². The lowest BCUT2D eigenvalue weighted by molar-refractivity contribution is 0.0938. The molecule has 0 bridgehead atoms. The predicted octanol–water partition coefficient (Wildman–Crippen LogP) is 1.70. The van der Waals surface area contributed by atoms with E-state index in [0.29, 0.717) is 17.0 Å². The lowest BCUT2D eigenvalue weighted by Gasteiger charge is -2.17. The van der Waals surface area contributed by atoms with Crippen molar-refractivity contribution in [2.45, 2.75) is 26.3 Å². The van der Waals surface area contributed by atoms with Crippen LogP contribution in [0.1, 0.15) is 28.2 Å². The standard InChI is InChI=1S/C15H18N4O2/c1-10-14(11(2)21-18-10)15(20)17-12-6-8-19(9-12)13-5-3-4-7-16-13/h3-5,7,12H,6,8-9H2,1-2H3,(H,17,20)/t12-/m1/s1. The van der Waals surface area contributed by atoms with Crippen molar-refractivity contribution in [1.29, 1.82) is 0 Å². The van der Waals surface area contributed by atoms with E-state index in [2.05, 4.69) is 20.4 Å². The van der Waals surface area contributed by atoms with E-state index in [-0.39, 0.29) is 11.9 Å². The Morgan fingerprint density at radius 3 is 2.95 bits per heavy atom. The second kappa shape index (κ2) is 5.55. The monoisotopic (exact) mass is 286 g/mol. The van der Waals surface area contributed by atoms with Gasteiger partial charge in [0.15, 0.2) is 0 Å². The summed E-state index contributed by atoms with van der Waals surface area (Å²) in [6.45, 7) is 5.19. The Balaban J connectivity index is 1.64. The summed E-state index contributed by atoms with van der Waals surface area (Å²) in [5.41, 5.74) is 1.18. The molecule has 6 heteroatoms. The van der Waals surface area contributed by atoms with E-state index in [1.54, 1.807) is 20.0 Å². The number of aromatic nitrogens is 2. The van der Waals surface area contributed by atoms with Crippen LogP contribution in [0.3, 0.4) is 0 Å². The number of rotatable bonds is 3. The SMILES string of the molecule is Cc1noc(C)c1C(=O)N[C@@H]1CCN(c2ccccn2)C1. The fraction of sp³-hybridized carbons (Fsp3) is 0.400. The number of hydrogen-bond acceptors (Lipinski definition) is 5. The van der Waals surface area contributed by atoms with E-state index in [0.717, 1.165) is 25.3 Å². The smallest absolute Gasteiger partial charge is 0.257 e. The van der Waals surface area contributed by atoms with Crippen molar-refractivity contribution in [3.05, 3.63) is 41.4 Å². The van der Waals surface area contributed by atoms with E-state index in [1.165, 1.54) is 0 Å². The first-order chi connectivity index (χ1) is 10.1. The van der Waals surface area contributed by atoms with Crippen molar-refractivity contribution in [2.75, 3.05) is 18.0 Å². The fourth-order valence-corrected chi connectivity index (χ4v) is 2.69. The Kier molecular flexibility index (Phi) is 3.60. The molecule has 0 aromatic carbocycles. The number of nitrogens with zero attached hydrogens (tertiary/aromatic N) is 3. The second-order valence-electron chi connectivity index (χ2n) is 5.29. The molecule has 1 amide bonds. The molecule has 0 spiro atoms. The average molecular weight is 286 g/mol. The summed E-state index contributed by atoms with van der Waals surface area (Å²) < 4.78 is 5.04. The zero-order valence-corrected chi connectivity index (χ0v) is 12.2. The van der Waals surface area contributed by atoms with Crippen LogP contribution in [0.25, 0.3) is 0 Å². The molecule has 6 nitrogen and oxygen atoms in total. The molecule has 21 heavy (non-hydrogen) atoms. The highest BCUT2D eigenvalue weighted by molar-refractivity contribution is 5.96. The zero-order valence-electron chi connectivity index (χ0n) is 12.2. The minimum atomic E-state index is -0.112. The third-order valence-corrected chi connectivity index (χ3v) is 3.76. The molecular weight excluding hydrogens is 268 g/mol. The van der Waals surface area contributed by atoms with Crippen LogP contribution >= 0.6 is 0 Å². The zero-order chi connectivity index (χ0) is 14.8. The minimum Gasteiger partial charge on any atom is -0.361 e.